The number of halogens is 2. The van der Waals surface area contributed by atoms with E-state index in [1.54, 1.807) is 16.5 Å². The van der Waals surface area contributed by atoms with Crippen LogP contribution in [0.5, 0.6) is 11.5 Å². The van der Waals surface area contributed by atoms with Crippen LogP contribution in [-0.4, -0.2) is 80.2 Å². The molecule has 1 N–H and O–H groups in total. The third-order valence-corrected chi connectivity index (χ3v) is 13.0. The molecule has 5 heterocycles. The second kappa shape index (κ2) is 15.7. The van der Waals surface area contributed by atoms with E-state index in [-0.39, 0.29) is 24.2 Å². The fourth-order valence-electron chi connectivity index (χ4n) is 9.23. The average Bonchev–Trinajstić information content (AvgIpc) is 3.94. The Morgan fingerprint density at radius 2 is 1.62 bits per heavy atom. The molecule has 1 saturated heterocycles. The summed E-state index contributed by atoms with van der Waals surface area (Å²) in [6.45, 7) is 14.1. The molecule has 2 aliphatic heterocycles. The van der Waals surface area contributed by atoms with Gasteiger partial charge in [0.1, 0.15) is 23.8 Å². The van der Waals surface area contributed by atoms with Crippen LogP contribution in [0.3, 0.4) is 0 Å². The number of carbonyl (C=O) groups excluding carboxylic acids is 1. The summed E-state index contributed by atoms with van der Waals surface area (Å²) >= 11 is 13.6. The lowest BCUT2D eigenvalue weighted by Gasteiger charge is -2.34. The molecule has 0 aliphatic carbocycles. The SMILES string of the molecule is Cc1cc(OCCCc2c3n(c4c(-c5c(C)nn(C)c5C)c(Cl)ccc24)[C@H](C)CN(c2c(C(=O)O)n(C)c4ccc(OCCN5CCCC5)cc24)C3=O)cc(C)c1Cl. The summed E-state index contributed by atoms with van der Waals surface area (Å²) < 4.78 is 18.1. The number of hydrogen-bond acceptors (Lipinski definition) is 6. The van der Waals surface area contributed by atoms with E-state index in [9.17, 15) is 9.90 Å². The van der Waals surface area contributed by atoms with Gasteiger partial charge in [-0.05, 0) is 126 Å². The molecule has 0 unspecified atom stereocenters. The number of likely N-dealkylation sites (tertiary alicyclic amines) is 1. The standard InChI is InChI=1S/C45H50Cl2N6O5/c1-25-21-31(22-26(2)39(25)47)57-19-10-11-32-33-13-14-35(46)38(37-28(4)48-50(7)29(37)5)40(33)53-27(3)24-52(44(54)42(32)53)41-34-23-30(58-20-18-51-16-8-9-17-51)12-15-36(34)49(6)43(41)45(55)56/h12-15,21-23,27H,8-11,16-20,24H2,1-7H3,(H,55,56)/t27-/m1/s1. The average molecular weight is 826 g/mol. The molecule has 1 amide bonds. The maximum absolute atomic E-state index is 15.4. The number of amides is 1. The molecule has 3 aromatic heterocycles. The molecule has 6 aromatic rings. The molecular weight excluding hydrogens is 775 g/mol. The molecule has 0 saturated carbocycles. The van der Waals surface area contributed by atoms with Gasteiger partial charge in [-0.25, -0.2) is 4.79 Å². The van der Waals surface area contributed by atoms with Gasteiger partial charge in [-0.2, -0.15) is 5.10 Å². The summed E-state index contributed by atoms with van der Waals surface area (Å²) in [7, 11) is 3.65. The molecule has 1 fully saturated rings. The first-order valence-corrected chi connectivity index (χ1v) is 20.8. The van der Waals surface area contributed by atoms with Gasteiger partial charge < -0.3 is 28.6 Å². The number of carboxylic acid groups (broad SMARTS) is 1. The van der Waals surface area contributed by atoms with Gasteiger partial charge in [0.05, 0.1) is 34.0 Å². The molecule has 2 aliphatic rings. The predicted molar refractivity (Wildman–Crippen MR) is 231 cm³/mol. The number of rotatable bonds is 12. The smallest absolute Gasteiger partial charge is 0.354 e. The number of hydrogen-bond donors (Lipinski definition) is 1. The van der Waals surface area contributed by atoms with Crippen molar-refractivity contribution in [2.45, 2.75) is 66.3 Å². The Morgan fingerprint density at radius 1 is 0.914 bits per heavy atom. The van der Waals surface area contributed by atoms with Crippen molar-refractivity contribution in [1.29, 1.82) is 0 Å². The quantitative estimate of drug-likeness (QED) is 0.123. The molecule has 3 aromatic carbocycles. The number of fused-ring (bicyclic) bond motifs is 4. The van der Waals surface area contributed by atoms with Crippen molar-refractivity contribution in [1.82, 2.24) is 23.8 Å². The summed E-state index contributed by atoms with van der Waals surface area (Å²) in [5.74, 6) is -0.00723. The van der Waals surface area contributed by atoms with Crippen molar-refractivity contribution in [3.05, 3.63) is 92.0 Å². The topological polar surface area (TPSA) is 107 Å². The van der Waals surface area contributed by atoms with Gasteiger partial charge >= 0.3 is 5.97 Å². The number of aryl methyl sites for hydroxylation is 6. The zero-order valence-electron chi connectivity index (χ0n) is 34.2. The fraction of sp³-hybridized carbons (Fsp3) is 0.400. The molecule has 0 radical (unpaired) electrons. The normalized spacial score (nSPS) is 15.9. The maximum Gasteiger partial charge on any atom is 0.354 e. The molecule has 304 valence electrons. The van der Waals surface area contributed by atoms with Crippen molar-refractivity contribution >= 4 is 62.6 Å². The van der Waals surface area contributed by atoms with Crippen LogP contribution in [0.4, 0.5) is 5.69 Å². The molecule has 11 nitrogen and oxygen atoms in total. The highest BCUT2D eigenvalue weighted by Crippen LogP contribution is 2.46. The zero-order valence-corrected chi connectivity index (χ0v) is 35.7. The van der Waals surface area contributed by atoms with E-state index in [0.717, 1.165) is 80.5 Å². The van der Waals surface area contributed by atoms with E-state index in [0.29, 0.717) is 59.1 Å². The highest BCUT2D eigenvalue weighted by molar-refractivity contribution is 6.35. The maximum atomic E-state index is 15.4. The summed E-state index contributed by atoms with van der Waals surface area (Å²) in [5, 5.41) is 18.3. The third-order valence-electron chi connectivity index (χ3n) is 12.1. The summed E-state index contributed by atoms with van der Waals surface area (Å²) in [6, 6.07) is 13.2. The lowest BCUT2D eigenvalue weighted by Crippen LogP contribution is -2.43. The first kappa shape index (κ1) is 39.8. The minimum Gasteiger partial charge on any atom is -0.494 e. The minimum atomic E-state index is -1.11. The van der Waals surface area contributed by atoms with E-state index in [1.165, 1.54) is 12.8 Å². The Labute approximate surface area is 348 Å². The Kier molecular flexibility index (Phi) is 10.8. The van der Waals surface area contributed by atoms with Crippen LogP contribution in [0.25, 0.3) is 32.9 Å². The number of benzene rings is 3. The number of ether oxygens (including phenoxy) is 2. The number of anilines is 1. The molecule has 58 heavy (non-hydrogen) atoms. The Bertz CT molecular complexity index is 2590. The van der Waals surface area contributed by atoms with Crippen molar-refractivity contribution in [3.8, 4) is 22.6 Å². The van der Waals surface area contributed by atoms with Gasteiger partial charge in [0, 0.05) is 65.8 Å². The largest absolute Gasteiger partial charge is 0.494 e. The van der Waals surface area contributed by atoms with Crippen LogP contribution < -0.4 is 14.4 Å². The number of aromatic nitrogens is 4. The van der Waals surface area contributed by atoms with Crippen molar-refractivity contribution in [3.63, 3.8) is 0 Å². The second-order valence-electron chi connectivity index (χ2n) is 15.9. The van der Waals surface area contributed by atoms with Gasteiger partial charge in [-0.15, -0.1) is 0 Å². The first-order chi connectivity index (χ1) is 27.8. The molecule has 0 spiro atoms. The summed E-state index contributed by atoms with van der Waals surface area (Å²) in [6.07, 6.45) is 3.55. The number of aromatic carboxylic acids is 1. The molecular formula is C45H50Cl2N6O5. The highest BCUT2D eigenvalue weighted by atomic mass is 35.5. The summed E-state index contributed by atoms with van der Waals surface area (Å²) in [5.41, 5.74) is 8.82. The lowest BCUT2D eigenvalue weighted by molar-refractivity contribution is 0.0687. The molecule has 0 bridgehead atoms. The number of carboxylic acids is 1. The lowest BCUT2D eigenvalue weighted by atomic mass is 9.98. The van der Waals surface area contributed by atoms with Crippen LogP contribution in [-0.2, 0) is 20.5 Å². The Hall–Kier alpha value is -4.97. The van der Waals surface area contributed by atoms with E-state index >= 15 is 4.79 Å². The van der Waals surface area contributed by atoms with Crippen molar-refractivity contribution in [2.75, 3.05) is 44.3 Å². The molecule has 8 rings (SSSR count). The number of carbonyl (C=O) groups is 2. The van der Waals surface area contributed by atoms with Crippen LogP contribution in [0.15, 0.2) is 42.5 Å². The minimum absolute atomic E-state index is 0.0446. The monoisotopic (exact) mass is 824 g/mol. The number of nitrogens with zero attached hydrogens (tertiary/aromatic N) is 6. The fourth-order valence-corrected chi connectivity index (χ4v) is 9.59. The van der Waals surface area contributed by atoms with Gasteiger partial charge in [-0.1, -0.05) is 29.3 Å². The van der Waals surface area contributed by atoms with E-state index in [1.807, 2.05) is 81.9 Å². The zero-order chi connectivity index (χ0) is 41.2. The van der Waals surface area contributed by atoms with E-state index < -0.39 is 5.97 Å². The van der Waals surface area contributed by atoms with Crippen LogP contribution in [0.1, 0.15) is 81.3 Å². The Balaban J connectivity index is 1.24. The van der Waals surface area contributed by atoms with Gasteiger partial charge in [0.2, 0.25) is 0 Å². The van der Waals surface area contributed by atoms with E-state index in [2.05, 4.69) is 16.4 Å². The van der Waals surface area contributed by atoms with Crippen molar-refractivity contribution in [2.24, 2.45) is 14.1 Å². The van der Waals surface area contributed by atoms with Crippen LogP contribution in [0.2, 0.25) is 10.0 Å². The Morgan fingerprint density at radius 3 is 2.29 bits per heavy atom. The third kappa shape index (κ3) is 6.80. The van der Waals surface area contributed by atoms with E-state index in [4.69, 9.17) is 37.8 Å². The highest BCUT2D eigenvalue weighted by Gasteiger charge is 2.40. The van der Waals surface area contributed by atoms with Gasteiger partial charge in [0.15, 0.2) is 5.69 Å². The van der Waals surface area contributed by atoms with Crippen molar-refractivity contribution < 1.29 is 24.2 Å². The van der Waals surface area contributed by atoms with Gasteiger partial charge in [0.25, 0.3) is 5.91 Å². The predicted octanol–water partition coefficient (Wildman–Crippen LogP) is 9.48. The van der Waals surface area contributed by atoms with Crippen LogP contribution in [0, 0.1) is 27.7 Å². The second-order valence-corrected chi connectivity index (χ2v) is 16.7. The first-order valence-electron chi connectivity index (χ1n) is 20.0. The van der Waals surface area contributed by atoms with Gasteiger partial charge in [-0.3, -0.25) is 14.4 Å². The van der Waals surface area contributed by atoms with Crippen LogP contribution >= 0.6 is 23.2 Å². The molecule has 13 heteroatoms. The summed E-state index contributed by atoms with van der Waals surface area (Å²) in [4.78, 5) is 32.6. The molecule has 1 atom stereocenters.